The van der Waals surface area contributed by atoms with Crippen LogP contribution in [0.15, 0.2) is 60.7 Å². The molecule has 2 heterocycles. The van der Waals surface area contributed by atoms with E-state index in [4.69, 9.17) is 18.9 Å². The van der Waals surface area contributed by atoms with Gasteiger partial charge in [0.2, 0.25) is 0 Å². The molecule has 1 saturated heterocycles. The van der Waals surface area contributed by atoms with Crippen molar-refractivity contribution in [3.63, 3.8) is 0 Å². The van der Waals surface area contributed by atoms with Crippen LogP contribution in [0.3, 0.4) is 0 Å². The Hall–Kier alpha value is -3.95. The highest BCUT2D eigenvalue weighted by molar-refractivity contribution is 5.82. The fourth-order valence-corrected chi connectivity index (χ4v) is 4.94. The molecule has 0 aromatic heterocycles. The molecule has 0 spiro atoms. The van der Waals surface area contributed by atoms with Gasteiger partial charge in [0.05, 0.1) is 32.7 Å². The van der Waals surface area contributed by atoms with Crippen LogP contribution in [0.5, 0.6) is 11.5 Å². The van der Waals surface area contributed by atoms with Gasteiger partial charge < -0.3 is 24.3 Å². The summed E-state index contributed by atoms with van der Waals surface area (Å²) in [4.78, 5) is 11.8. The van der Waals surface area contributed by atoms with E-state index in [0.717, 1.165) is 54.3 Å². The third kappa shape index (κ3) is 6.12. The first-order valence-corrected chi connectivity index (χ1v) is 13.1. The van der Waals surface area contributed by atoms with Crippen LogP contribution in [-0.2, 0) is 27.3 Å². The molecule has 5 rings (SSSR count). The molecule has 196 valence electrons. The van der Waals surface area contributed by atoms with Crippen molar-refractivity contribution in [2.75, 3.05) is 32.2 Å². The number of benzene rings is 3. The number of ether oxygens (including phenoxy) is 4. The second kappa shape index (κ2) is 12.1. The minimum atomic E-state index is -0.274. The topological polar surface area (TPSA) is 66.0 Å². The van der Waals surface area contributed by atoms with E-state index in [1.807, 2.05) is 24.3 Å². The van der Waals surface area contributed by atoms with Crippen LogP contribution in [0.1, 0.15) is 42.4 Å². The second-order valence-corrected chi connectivity index (χ2v) is 9.56. The number of nitrogens with one attached hydrogen (secondary N) is 1. The van der Waals surface area contributed by atoms with Gasteiger partial charge in [0.15, 0.2) is 0 Å². The Morgan fingerprint density at radius 2 is 1.92 bits per heavy atom. The predicted octanol–water partition coefficient (Wildman–Crippen LogP) is 5.74. The molecule has 1 N–H and O–H groups in total. The summed E-state index contributed by atoms with van der Waals surface area (Å²) in [6.45, 7) is 4.53. The maximum atomic E-state index is 11.8. The van der Waals surface area contributed by atoms with E-state index < -0.39 is 0 Å². The fraction of sp³-hybridized carbons (Fsp3) is 0.344. The third-order valence-electron chi connectivity index (χ3n) is 6.96. The molecule has 2 aliphatic rings. The zero-order chi connectivity index (χ0) is 26.3. The van der Waals surface area contributed by atoms with Crippen molar-refractivity contribution in [1.82, 2.24) is 0 Å². The molecule has 0 saturated carbocycles. The van der Waals surface area contributed by atoms with E-state index in [-0.39, 0.29) is 24.4 Å². The summed E-state index contributed by atoms with van der Waals surface area (Å²) in [5.74, 6) is 7.20. The van der Waals surface area contributed by atoms with Gasteiger partial charge >= 0.3 is 5.97 Å². The van der Waals surface area contributed by atoms with E-state index in [2.05, 4.69) is 53.6 Å². The summed E-state index contributed by atoms with van der Waals surface area (Å²) in [6.07, 6.45) is 2.24. The lowest BCUT2D eigenvalue weighted by atomic mass is 9.96. The Morgan fingerprint density at radius 3 is 2.68 bits per heavy atom. The van der Waals surface area contributed by atoms with Gasteiger partial charge in [-0.3, -0.25) is 4.79 Å². The van der Waals surface area contributed by atoms with Gasteiger partial charge in [-0.15, -0.1) is 5.92 Å². The first-order chi connectivity index (χ1) is 18.6. The zero-order valence-electron chi connectivity index (χ0n) is 21.9. The van der Waals surface area contributed by atoms with Gasteiger partial charge in [0.1, 0.15) is 24.2 Å². The number of esters is 1. The Morgan fingerprint density at radius 1 is 1.08 bits per heavy atom. The van der Waals surface area contributed by atoms with Gasteiger partial charge in [0, 0.05) is 24.2 Å². The van der Waals surface area contributed by atoms with Gasteiger partial charge in [-0.25, -0.2) is 0 Å². The van der Waals surface area contributed by atoms with Crippen molar-refractivity contribution in [2.45, 2.75) is 44.8 Å². The van der Waals surface area contributed by atoms with E-state index in [9.17, 15) is 4.79 Å². The highest BCUT2D eigenvalue weighted by Gasteiger charge is 2.20. The normalized spacial score (nSPS) is 16.5. The Bertz CT molecular complexity index is 1330. The Balaban J connectivity index is 1.28. The number of methoxy groups -OCH3 is 1. The van der Waals surface area contributed by atoms with E-state index in [1.54, 1.807) is 6.92 Å². The standard InChI is InChI=1S/C32H33NO5/c1-3-4-24(19-32(34)35-2)23-6-8-26(9-7-23)37-20-22-5-12-31-30(17-22)29-11-10-27(18-25(29)13-15-33-31)38-28-14-16-36-21-28/h5-12,17-18,24,28,33H,13-16,19-21H2,1-2H3/t24-,28+/m0/s1. The molecule has 3 aromatic carbocycles. The molecular weight excluding hydrogens is 478 g/mol. The summed E-state index contributed by atoms with van der Waals surface area (Å²) in [6, 6.07) is 20.6. The summed E-state index contributed by atoms with van der Waals surface area (Å²) in [7, 11) is 1.39. The van der Waals surface area contributed by atoms with Crippen LogP contribution in [0.2, 0.25) is 0 Å². The minimum Gasteiger partial charge on any atom is -0.489 e. The average Bonchev–Trinajstić information content (AvgIpc) is 3.38. The van der Waals surface area contributed by atoms with Crippen LogP contribution in [0.4, 0.5) is 5.69 Å². The number of carbonyl (C=O) groups is 1. The highest BCUT2D eigenvalue weighted by Crippen LogP contribution is 2.36. The molecule has 0 aliphatic carbocycles. The van der Waals surface area contributed by atoms with E-state index in [0.29, 0.717) is 13.2 Å². The number of rotatable bonds is 8. The number of hydrogen-bond donors (Lipinski definition) is 1. The van der Waals surface area contributed by atoms with Crippen molar-refractivity contribution in [3.05, 3.63) is 77.4 Å². The molecule has 6 nitrogen and oxygen atoms in total. The summed E-state index contributed by atoms with van der Waals surface area (Å²) in [5.41, 5.74) is 6.86. The molecule has 0 bridgehead atoms. The van der Waals surface area contributed by atoms with Gasteiger partial charge in [-0.1, -0.05) is 30.2 Å². The number of anilines is 1. The van der Waals surface area contributed by atoms with Crippen molar-refractivity contribution < 1.29 is 23.7 Å². The lowest BCUT2D eigenvalue weighted by molar-refractivity contribution is -0.140. The van der Waals surface area contributed by atoms with Gasteiger partial charge in [-0.2, -0.15) is 0 Å². The molecule has 38 heavy (non-hydrogen) atoms. The molecule has 6 heteroatoms. The average molecular weight is 512 g/mol. The molecule has 1 fully saturated rings. The van der Waals surface area contributed by atoms with Crippen molar-refractivity contribution in [1.29, 1.82) is 0 Å². The largest absolute Gasteiger partial charge is 0.489 e. The maximum absolute atomic E-state index is 11.8. The molecule has 0 unspecified atom stereocenters. The van der Waals surface area contributed by atoms with Crippen LogP contribution in [0.25, 0.3) is 11.1 Å². The molecule has 3 aromatic rings. The second-order valence-electron chi connectivity index (χ2n) is 9.56. The summed E-state index contributed by atoms with van der Waals surface area (Å²) in [5, 5.41) is 3.56. The van der Waals surface area contributed by atoms with E-state index in [1.165, 1.54) is 23.8 Å². The van der Waals surface area contributed by atoms with Crippen molar-refractivity contribution in [2.24, 2.45) is 0 Å². The highest BCUT2D eigenvalue weighted by atomic mass is 16.5. The number of carbonyl (C=O) groups excluding carboxylic acids is 1. The van der Waals surface area contributed by atoms with Crippen LogP contribution < -0.4 is 14.8 Å². The predicted molar refractivity (Wildman–Crippen MR) is 148 cm³/mol. The van der Waals surface area contributed by atoms with Crippen LogP contribution >= 0.6 is 0 Å². The molecule has 2 atom stereocenters. The zero-order valence-corrected chi connectivity index (χ0v) is 21.9. The monoisotopic (exact) mass is 511 g/mol. The SMILES string of the molecule is CC#C[C@@H](CC(=O)OC)c1ccc(OCc2ccc3c(c2)-c2ccc(O[C@@H]4CCOC4)cc2CCN3)cc1. The lowest BCUT2D eigenvalue weighted by Gasteiger charge is -2.16. The Kier molecular flexibility index (Phi) is 8.15. The van der Waals surface area contributed by atoms with Crippen molar-refractivity contribution >= 4 is 11.7 Å². The minimum absolute atomic E-state index is 0.139. The molecule has 0 radical (unpaired) electrons. The maximum Gasteiger partial charge on any atom is 0.307 e. The Labute approximate surface area is 224 Å². The van der Waals surface area contributed by atoms with Crippen LogP contribution in [0, 0.1) is 11.8 Å². The van der Waals surface area contributed by atoms with Crippen molar-refractivity contribution in [3.8, 4) is 34.5 Å². The number of fused-ring (bicyclic) bond motifs is 3. The fourth-order valence-electron chi connectivity index (χ4n) is 4.94. The molecule has 0 amide bonds. The number of hydrogen-bond acceptors (Lipinski definition) is 6. The third-order valence-corrected chi connectivity index (χ3v) is 6.96. The molecule has 2 aliphatic heterocycles. The van der Waals surface area contributed by atoms with E-state index >= 15 is 0 Å². The summed E-state index contributed by atoms with van der Waals surface area (Å²) < 4.78 is 22.5. The lowest BCUT2D eigenvalue weighted by Crippen LogP contribution is -2.15. The van der Waals surface area contributed by atoms with Gasteiger partial charge in [-0.05, 0) is 72.0 Å². The van der Waals surface area contributed by atoms with Gasteiger partial charge in [0.25, 0.3) is 0 Å². The molecular formula is C32H33NO5. The first kappa shape index (κ1) is 25.7. The first-order valence-electron chi connectivity index (χ1n) is 13.1. The summed E-state index contributed by atoms with van der Waals surface area (Å²) >= 11 is 0. The quantitative estimate of drug-likeness (QED) is 0.307. The van der Waals surface area contributed by atoms with Crippen LogP contribution in [-0.4, -0.2) is 38.9 Å². The smallest absolute Gasteiger partial charge is 0.307 e.